The van der Waals surface area contributed by atoms with E-state index in [1.54, 1.807) is 0 Å². The average molecular weight is 183 g/mol. The van der Waals surface area contributed by atoms with E-state index in [4.69, 9.17) is 15.0 Å². The van der Waals surface area contributed by atoms with Gasteiger partial charge in [-0.3, -0.25) is 0 Å². The van der Waals surface area contributed by atoms with Crippen LogP contribution in [0.5, 0.6) is 0 Å². The third-order valence-corrected chi connectivity index (χ3v) is 2.24. The summed E-state index contributed by atoms with van der Waals surface area (Å²) in [5.41, 5.74) is 5.81. The van der Waals surface area contributed by atoms with Crippen molar-refractivity contribution in [3.8, 4) is 0 Å². The Morgan fingerprint density at radius 3 is 2.92 bits per heavy atom. The van der Waals surface area contributed by atoms with Crippen LogP contribution in [0.1, 0.15) is 24.6 Å². The first kappa shape index (κ1) is 8.65. The quantitative estimate of drug-likeness (QED) is 0.702. The Bertz CT molecular complexity index is 287. The number of rotatable bonds is 2. The molecule has 1 aliphatic rings. The number of hydrogen-bond acceptors (Lipinski definition) is 5. The van der Waals surface area contributed by atoms with Crippen molar-refractivity contribution in [3.63, 3.8) is 0 Å². The highest BCUT2D eigenvalue weighted by Crippen LogP contribution is 2.22. The molecular weight excluding hydrogens is 170 g/mol. The summed E-state index contributed by atoms with van der Waals surface area (Å²) in [4.78, 5) is 4.22. The normalized spacial score (nSPS) is 28.2. The molecule has 1 saturated heterocycles. The lowest BCUT2D eigenvalue weighted by molar-refractivity contribution is 0.187. The first-order valence-corrected chi connectivity index (χ1v) is 4.47. The van der Waals surface area contributed by atoms with Crippen LogP contribution in [0.25, 0.3) is 0 Å². The van der Waals surface area contributed by atoms with Gasteiger partial charge in [0.05, 0.1) is 19.1 Å². The molecule has 0 radical (unpaired) electrons. The van der Waals surface area contributed by atoms with E-state index in [-0.39, 0.29) is 12.0 Å². The highest BCUT2D eigenvalue weighted by Gasteiger charge is 2.31. The van der Waals surface area contributed by atoms with E-state index < -0.39 is 0 Å². The predicted molar refractivity (Wildman–Crippen MR) is 45.2 cm³/mol. The van der Waals surface area contributed by atoms with Crippen molar-refractivity contribution in [1.29, 1.82) is 0 Å². The lowest BCUT2D eigenvalue weighted by atomic mass is 10.1. The maximum atomic E-state index is 5.81. The lowest BCUT2D eigenvalue weighted by Gasteiger charge is -2.05. The molecule has 1 aliphatic heterocycles. The summed E-state index contributed by atoms with van der Waals surface area (Å²) >= 11 is 0. The Labute approximate surface area is 76.3 Å². The van der Waals surface area contributed by atoms with Crippen molar-refractivity contribution in [2.24, 2.45) is 5.73 Å². The summed E-state index contributed by atoms with van der Waals surface area (Å²) in [5, 5.41) is 3.82. The fourth-order valence-corrected chi connectivity index (χ4v) is 1.39. The van der Waals surface area contributed by atoms with Gasteiger partial charge in [-0.05, 0) is 0 Å². The van der Waals surface area contributed by atoms with Crippen LogP contribution in [0.4, 0.5) is 0 Å². The van der Waals surface area contributed by atoms with Gasteiger partial charge < -0.3 is 15.0 Å². The van der Waals surface area contributed by atoms with Crippen LogP contribution in [-0.4, -0.2) is 29.4 Å². The van der Waals surface area contributed by atoms with Crippen molar-refractivity contribution in [2.45, 2.75) is 25.3 Å². The van der Waals surface area contributed by atoms with Gasteiger partial charge in [-0.1, -0.05) is 12.1 Å². The Hall–Kier alpha value is -0.940. The topological polar surface area (TPSA) is 74.2 Å². The molecular formula is C8H13N3O2. The molecule has 13 heavy (non-hydrogen) atoms. The van der Waals surface area contributed by atoms with Crippen LogP contribution in [0.2, 0.25) is 0 Å². The molecule has 5 nitrogen and oxygen atoms in total. The second-order valence-corrected chi connectivity index (χ2v) is 3.21. The van der Waals surface area contributed by atoms with E-state index in [2.05, 4.69) is 10.1 Å². The zero-order valence-electron chi connectivity index (χ0n) is 7.56. The monoisotopic (exact) mass is 183 g/mol. The molecule has 2 N–H and O–H groups in total. The van der Waals surface area contributed by atoms with Crippen molar-refractivity contribution < 1.29 is 9.26 Å². The second-order valence-electron chi connectivity index (χ2n) is 3.21. The average Bonchev–Trinajstić information content (AvgIpc) is 2.71. The van der Waals surface area contributed by atoms with Crippen LogP contribution in [-0.2, 0) is 11.2 Å². The van der Waals surface area contributed by atoms with Gasteiger partial charge in [0.25, 0.3) is 0 Å². The zero-order chi connectivity index (χ0) is 9.26. The summed E-state index contributed by atoms with van der Waals surface area (Å²) in [6.07, 6.45) is 0.784. The minimum absolute atomic E-state index is 0.00911. The number of ether oxygens (including phenoxy) is 1. The van der Waals surface area contributed by atoms with Gasteiger partial charge in [-0.25, -0.2) is 0 Å². The summed E-state index contributed by atoms with van der Waals surface area (Å²) < 4.78 is 10.3. The van der Waals surface area contributed by atoms with Crippen LogP contribution in [0.3, 0.4) is 0 Å². The highest BCUT2D eigenvalue weighted by atomic mass is 16.5. The minimum atomic E-state index is -0.00911. The van der Waals surface area contributed by atoms with Gasteiger partial charge in [-0.15, -0.1) is 0 Å². The molecule has 2 rings (SSSR count). The largest absolute Gasteiger partial charge is 0.379 e. The molecule has 0 aromatic carbocycles. The third kappa shape index (κ3) is 1.57. The first-order valence-electron chi connectivity index (χ1n) is 4.47. The van der Waals surface area contributed by atoms with Crippen molar-refractivity contribution in [1.82, 2.24) is 10.1 Å². The van der Waals surface area contributed by atoms with Gasteiger partial charge in [0.1, 0.15) is 0 Å². The molecule has 2 heterocycles. The molecule has 72 valence electrons. The van der Waals surface area contributed by atoms with Crippen LogP contribution in [0, 0.1) is 0 Å². The molecule has 2 unspecified atom stereocenters. The fourth-order valence-electron chi connectivity index (χ4n) is 1.39. The van der Waals surface area contributed by atoms with Gasteiger partial charge in [-0.2, -0.15) is 4.98 Å². The molecule has 0 amide bonds. The van der Waals surface area contributed by atoms with Crippen LogP contribution in [0.15, 0.2) is 4.52 Å². The smallest absolute Gasteiger partial charge is 0.233 e. The molecule has 0 aliphatic carbocycles. The lowest BCUT2D eigenvalue weighted by Crippen LogP contribution is -2.27. The van der Waals surface area contributed by atoms with E-state index in [1.165, 1.54) is 0 Å². The molecule has 1 fully saturated rings. The second kappa shape index (κ2) is 3.43. The van der Waals surface area contributed by atoms with Gasteiger partial charge in [0, 0.05) is 12.5 Å². The number of hydrogen-bond donors (Lipinski definition) is 1. The van der Waals surface area contributed by atoms with E-state index in [0.29, 0.717) is 19.1 Å². The van der Waals surface area contributed by atoms with Gasteiger partial charge in [0.15, 0.2) is 5.82 Å². The molecule has 1 aromatic heterocycles. The van der Waals surface area contributed by atoms with E-state index >= 15 is 0 Å². The molecule has 2 atom stereocenters. The van der Waals surface area contributed by atoms with Crippen molar-refractivity contribution in [2.75, 3.05) is 13.2 Å². The number of aryl methyl sites for hydroxylation is 1. The molecule has 1 aromatic rings. The number of nitrogens with two attached hydrogens (primary N) is 1. The van der Waals surface area contributed by atoms with Gasteiger partial charge in [0.2, 0.25) is 5.89 Å². The molecule has 0 bridgehead atoms. The van der Waals surface area contributed by atoms with Gasteiger partial charge >= 0.3 is 0 Å². The molecule has 0 spiro atoms. The van der Waals surface area contributed by atoms with Crippen LogP contribution < -0.4 is 5.73 Å². The Morgan fingerprint density at radius 2 is 2.38 bits per heavy atom. The molecule has 0 saturated carbocycles. The fraction of sp³-hybridized carbons (Fsp3) is 0.750. The van der Waals surface area contributed by atoms with Crippen LogP contribution >= 0.6 is 0 Å². The van der Waals surface area contributed by atoms with Crippen molar-refractivity contribution in [3.05, 3.63) is 11.7 Å². The maximum absolute atomic E-state index is 5.81. The first-order chi connectivity index (χ1) is 6.31. The SMILES string of the molecule is CCc1noc(C2COCC2N)n1. The van der Waals surface area contributed by atoms with Crippen molar-refractivity contribution >= 4 is 0 Å². The maximum Gasteiger partial charge on any atom is 0.233 e. The Morgan fingerprint density at radius 1 is 1.54 bits per heavy atom. The zero-order valence-corrected chi connectivity index (χ0v) is 7.56. The highest BCUT2D eigenvalue weighted by molar-refractivity contribution is 5.01. The number of nitrogens with zero attached hydrogens (tertiary/aromatic N) is 2. The molecule has 5 heteroatoms. The summed E-state index contributed by atoms with van der Waals surface area (Å²) in [6, 6.07) is -0.00911. The summed E-state index contributed by atoms with van der Waals surface area (Å²) in [5.74, 6) is 1.42. The standard InChI is InChI=1S/C8H13N3O2/c1-2-7-10-8(13-11-7)5-3-12-4-6(5)9/h5-6H,2-4,9H2,1H3. The number of aromatic nitrogens is 2. The Balaban J connectivity index is 2.15. The van der Waals surface area contributed by atoms with E-state index in [1.807, 2.05) is 6.92 Å². The van der Waals surface area contributed by atoms with E-state index in [9.17, 15) is 0 Å². The predicted octanol–water partition coefficient (Wildman–Crippen LogP) is 0.0731. The van der Waals surface area contributed by atoms with E-state index in [0.717, 1.165) is 12.2 Å². The Kier molecular flexibility index (Phi) is 2.28. The summed E-state index contributed by atoms with van der Waals surface area (Å²) in [7, 11) is 0. The summed E-state index contributed by atoms with van der Waals surface area (Å²) in [6.45, 7) is 3.15. The third-order valence-electron chi connectivity index (χ3n) is 2.24. The minimum Gasteiger partial charge on any atom is -0.379 e.